The zero-order valence-corrected chi connectivity index (χ0v) is 9.33. The van der Waals surface area contributed by atoms with Gasteiger partial charge in [0.15, 0.2) is 5.78 Å². The molecule has 0 aliphatic heterocycles. The molecule has 0 heterocycles. The van der Waals surface area contributed by atoms with Crippen LogP contribution in [0.5, 0.6) is 0 Å². The topological polar surface area (TPSA) is 17.1 Å². The molecule has 0 fully saturated rings. The molecule has 15 heavy (non-hydrogen) atoms. The first-order valence-corrected chi connectivity index (χ1v) is 4.47. The van der Waals surface area contributed by atoms with Gasteiger partial charge in [-0.05, 0) is 6.92 Å². The van der Waals surface area contributed by atoms with E-state index in [0.29, 0.717) is 11.1 Å². The normalized spacial score (nSPS) is 9.40. The van der Waals surface area contributed by atoms with Crippen molar-refractivity contribution in [2.45, 2.75) is 6.92 Å². The average molecular weight is 202 g/mol. The van der Waals surface area contributed by atoms with E-state index in [1.165, 1.54) is 0 Å². The highest BCUT2D eigenvalue weighted by Gasteiger charge is 2.04. The lowest BCUT2D eigenvalue weighted by atomic mass is 10.1. The van der Waals surface area contributed by atoms with E-state index in [1.54, 1.807) is 30.4 Å². The summed E-state index contributed by atoms with van der Waals surface area (Å²) in [4.78, 5) is 11.4. The molecule has 0 spiro atoms. The summed E-state index contributed by atoms with van der Waals surface area (Å²) in [7, 11) is 0. The molecule has 0 aliphatic rings. The van der Waals surface area contributed by atoms with Gasteiger partial charge in [-0.15, -0.1) is 13.2 Å². The average Bonchev–Trinajstić information content (AvgIpc) is 2.27. The minimum Gasteiger partial charge on any atom is -0.289 e. The lowest BCUT2D eigenvalue weighted by molar-refractivity contribution is -0.111. The van der Waals surface area contributed by atoms with Crippen LogP contribution in [0.4, 0.5) is 0 Å². The maximum Gasteiger partial charge on any atom is 0.191 e. The predicted octanol–water partition coefficient (Wildman–Crippen LogP) is 3.79. The summed E-state index contributed by atoms with van der Waals surface area (Å²) < 4.78 is 0. The molecule has 1 heteroatoms. The Morgan fingerprint density at radius 1 is 1.07 bits per heavy atom. The van der Waals surface area contributed by atoms with Crippen LogP contribution in [0.3, 0.4) is 0 Å². The second kappa shape index (κ2) is 10.2. The van der Waals surface area contributed by atoms with Gasteiger partial charge in [0.2, 0.25) is 0 Å². The Balaban J connectivity index is 0. The van der Waals surface area contributed by atoms with Gasteiger partial charge in [-0.25, -0.2) is 0 Å². The first-order valence-electron chi connectivity index (χ1n) is 4.47. The fourth-order valence-corrected chi connectivity index (χ4v) is 0.743. The minimum atomic E-state index is -0.142. The van der Waals surface area contributed by atoms with Crippen LogP contribution in [0.15, 0.2) is 74.4 Å². The van der Waals surface area contributed by atoms with E-state index in [0.717, 1.165) is 0 Å². The number of Topliss-reactive ketones (excluding diaryl/α,β-unsaturated/α-hetero) is 1. The van der Waals surface area contributed by atoms with Crippen LogP contribution in [-0.4, -0.2) is 5.78 Å². The lowest BCUT2D eigenvalue weighted by Crippen LogP contribution is -2.00. The van der Waals surface area contributed by atoms with Gasteiger partial charge in [-0.3, -0.25) is 4.79 Å². The fourth-order valence-electron chi connectivity index (χ4n) is 0.743. The summed E-state index contributed by atoms with van der Waals surface area (Å²) in [6, 6.07) is 0. The van der Waals surface area contributed by atoms with Crippen molar-refractivity contribution < 1.29 is 4.79 Å². The number of rotatable bonds is 5. The van der Waals surface area contributed by atoms with Gasteiger partial charge in [0.05, 0.1) is 0 Å². The lowest BCUT2D eigenvalue weighted by Gasteiger charge is -1.97. The number of ketones is 1. The van der Waals surface area contributed by atoms with Crippen molar-refractivity contribution in [3.8, 4) is 0 Å². The van der Waals surface area contributed by atoms with Gasteiger partial charge in [0.1, 0.15) is 0 Å². The van der Waals surface area contributed by atoms with Gasteiger partial charge in [-0.1, -0.05) is 50.1 Å². The molecule has 1 nitrogen and oxygen atoms in total. The Hall–Kier alpha value is -1.89. The third-order valence-electron chi connectivity index (χ3n) is 1.38. The van der Waals surface area contributed by atoms with E-state index in [1.807, 2.05) is 6.92 Å². The van der Waals surface area contributed by atoms with Gasteiger partial charge in [-0.2, -0.15) is 0 Å². The Morgan fingerprint density at radius 2 is 1.53 bits per heavy atom. The molecule has 0 N–H and O–H groups in total. The highest BCUT2D eigenvalue weighted by Crippen LogP contribution is 2.05. The first kappa shape index (κ1) is 15.6. The fraction of sp³-hybridized carbons (Fsp3) is 0.0714. The predicted molar refractivity (Wildman–Crippen MR) is 68.7 cm³/mol. The number of hydrogen-bond donors (Lipinski definition) is 0. The molecule has 0 radical (unpaired) electrons. The van der Waals surface area contributed by atoms with Crippen LogP contribution >= 0.6 is 0 Å². The summed E-state index contributed by atoms with van der Waals surface area (Å²) in [6.07, 6.45) is 8.31. The molecule has 0 aromatic carbocycles. The van der Waals surface area contributed by atoms with Crippen molar-refractivity contribution in [3.05, 3.63) is 74.4 Å². The van der Waals surface area contributed by atoms with Crippen molar-refractivity contribution in [2.75, 3.05) is 0 Å². The monoisotopic (exact) mass is 202 g/mol. The highest BCUT2D eigenvalue weighted by atomic mass is 16.1. The Kier molecular flexibility index (Phi) is 10.6. The Labute approximate surface area is 92.5 Å². The molecule has 0 aromatic rings. The Bertz CT molecular complexity index is 303. The molecule has 0 bridgehead atoms. The van der Waals surface area contributed by atoms with Crippen LogP contribution in [0.25, 0.3) is 0 Å². The molecule has 0 amide bonds. The number of allylic oxidation sites excluding steroid dienone is 7. The van der Waals surface area contributed by atoms with Gasteiger partial charge >= 0.3 is 0 Å². The maximum absolute atomic E-state index is 11.4. The van der Waals surface area contributed by atoms with Gasteiger partial charge in [0, 0.05) is 11.1 Å². The maximum atomic E-state index is 11.4. The molecule has 0 aliphatic carbocycles. The second-order valence-electron chi connectivity index (χ2n) is 2.47. The largest absolute Gasteiger partial charge is 0.289 e. The van der Waals surface area contributed by atoms with Crippen LogP contribution in [0, 0.1) is 0 Å². The smallest absolute Gasteiger partial charge is 0.191 e. The zero-order valence-electron chi connectivity index (χ0n) is 9.33. The van der Waals surface area contributed by atoms with E-state index in [2.05, 4.69) is 32.9 Å². The van der Waals surface area contributed by atoms with E-state index in [9.17, 15) is 4.79 Å². The van der Waals surface area contributed by atoms with Crippen molar-refractivity contribution in [1.82, 2.24) is 0 Å². The third-order valence-corrected chi connectivity index (χ3v) is 1.38. The molecule has 0 atom stereocenters. The summed E-state index contributed by atoms with van der Waals surface area (Å²) in [5, 5.41) is 0. The standard InChI is InChI=1S/C12H14O.C2H4/c1-5-7-9-11(4)12(13)10(3)8-6-2;1-2/h5-9H,1,3-4H2,2H3;1-2H2/b8-6-,9-7-;. The Morgan fingerprint density at radius 3 is 1.93 bits per heavy atom. The van der Waals surface area contributed by atoms with Crippen molar-refractivity contribution >= 4 is 5.78 Å². The SMILES string of the molecule is C=C.C=C/C=C\C(=C)C(=O)C(=C)/C=C\C. The summed E-state index contributed by atoms with van der Waals surface area (Å²) in [5.41, 5.74) is 0.865. The van der Waals surface area contributed by atoms with Crippen LogP contribution in [0.2, 0.25) is 0 Å². The summed E-state index contributed by atoms with van der Waals surface area (Å²) in [5.74, 6) is -0.142. The molecule has 0 aromatic heterocycles. The van der Waals surface area contributed by atoms with E-state index in [-0.39, 0.29) is 5.78 Å². The number of hydrogen-bond acceptors (Lipinski definition) is 1. The molecule has 0 unspecified atom stereocenters. The van der Waals surface area contributed by atoms with E-state index in [4.69, 9.17) is 0 Å². The molecule has 0 saturated heterocycles. The molecular formula is C14H18O. The second-order valence-corrected chi connectivity index (χ2v) is 2.47. The zero-order chi connectivity index (χ0) is 12.3. The molecule has 0 rings (SSSR count). The molecular weight excluding hydrogens is 184 g/mol. The molecule has 80 valence electrons. The molecule has 0 saturated carbocycles. The first-order chi connectivity index (χ1) is 7.13. The van der Waals surface area contributed by atoms with Crippen LogP contribution < -0.4 is 0 Å². The van der Waals surface area contributed by atoms with Crippen molar-refractivity contribution in [3.63, 3.8) is 0 Å². The summed E-state index contributed by atoms with van der Waals surface area (Å²) in [6.45, 7) is 18.6. The van der Waals surface area contributed by atoms with E-state index < -0.39 is 0 Å². The van der Waals surface area contributed by atoms with Crippen LogP contribution in [0.1, 0.15) is 6.92 Å². The number of carbonyl (C=O) groups is 1. The third kappa shape index (κ3) is 7.20. The minimum absolute atomic E-state index is 0.142. The quantitative estimate of drug-likeness (QED) is 0.376. The number of carbonyl (C=O) groups excluding carboxylic acids is 1. The summed E-state index contributed by atoms with van der Waals surface area (Å²) >= 11 is 0. The van der Waals surface area contributed by atoms with E-state index >= 15 is 0 Å². The van der Waals surface area contributed by atoms with Gasteiger partial charge in [0.25, 0.3) is 0 Å². The van der Waals surface area contributed by atoms with Crippen LogP contribution in [-0.2, 0) is 4.79 Å². The van der Waals surface area contributed by atoms with Crippen molar-refractivity contribution in [2.24, 2.45) is 0 Å². The van der Waals surface area contributed by atoms with Crippen molar-refractivity contribution in [1.29, 1.82) is 0 Å². The van der Waals surface area contributed by atoms with Gasteiger partial charge < -0.3 is 0 Å². The highest BCUT2D eigenvalue weighted by molar-refractivity contribution is 6.11.